The highest BCUT2D eigenvalue weighted by Gasteiger charge is 2.47. The Balaban J connectivity index is 0.000000287. The van der Waals surface area contributed by atoms with Gasteiger partial charge in [-0.25, -0.2) is 4.79 Å². The molecule has 0 saturated carbocycles. The summed E-state index contributed by atoms with van der Waals surface area (Å²) >= 11 is 0.780. The number of benzene rings is 2. The van der Waals surface area contributed by atoms with Crippen LogP contribution in [-0.4, -0.2) is 76.8 Å². The Morgan fingerprint density at radius 1 is 0.783 bits per heavy atom. The van der Waals surface area contributed by atoms with Gasteiger partial charge in [0.25, 0.3) is 5.13 Å². The van der Waals surface area contributed by atoms with Crippen LogP contribution in [0.1, 0.15) is 119 Å². The summed E-state index contributed by atoms with van der Waals surface area (Å²) in [6, 6.07) is 7.55. The number of carbonyl (C=O) groups excluding carboxylic acids is 1. The first kappa shape index (κ1) is 48.4. The molecular weight excluding hydrogens is 863 g/mol. The predicted octanol–water partition coefficient (Wildman–Crippen LogP) is 10.3. The zero-order valence-corrected chi connectivity index (χ0v) is 36.3. The SMILES string of the molecule is CCCCCN1CCC(C)c2cc(N=Nc3nnc(C(=O)OCC)s3)c(NS(=O)(=O)C(F)(F)F)cc21.CCCCCN1CCC(C)c2ccc(NS(=O)(=O)C(F)(F)F)cc21. The number of ether oxygens (including phenoxy) is 1. The van der Waals surface area contributed by atoms with Crippen molar-refractivity contribution in [2.45, 2.75) is 109 Å². The lowest BCUT2D eigenvalue weighted by atomic mass is 9.90. The molecule has 1 aromatic heterocycles. The molecule has 334 valence electrons. The highest BCUT2D eigenvalue weighted by atomic mass is 32.2. The van der Waals surface area contributed by atoms with Crippen molar-refractivity contribution in [2.24, 2.45) is 10.2 Å². The van der Waals surface area contributed by atoms with Crippen LogP contribution < -0.4 is 19.2 Å². The van der Waals surface area contributed by atoms with Crippen molar-refractivity contribution in [1.29, 1.82) is 0 Å². The van der Waals surface area contributed by atoms with Crippen LogP contribution in [0.2, 0.25) is 0 Å². The first-order chi connectivity index (χ1) is 28.1. The van der Waals surface area contributed by atoms with Gasteiger partial charge in [-0.2, -0.15) is 43.2 Å². The Morgan fingerprint density at radius 3 is 1.88 bits per heavy atom. The van der Waals surface area contributed by atoms with Crippen LogP contribution >= 0.6 is 11.3 Å². The summed E-state index contributed by atoms with van der Waals surface area (Å²) in [6.07, 6.45) is 7.88. The molecule has 2 aromatic carbocycles. The first-order valence-corrected chi connectivity index (χ1v) is 23.3. The molecule has 0 amide bonds. The molecule has 2 atom stereocenters. The van der Waals surface area contributed by atoms with Crippen molar-refractivity contribution in [3.05, 3.63) is 46.5 Å². The number of nitrogens with zero attached hydrogens (tertiary/aromatic N) is 6. The van der Waals surface area contributed by atoms with Gasteiger partial charge in [0.1, 0.15) is 5.69 Å². The quantitative estimate of drug-likeness (QED) is 0.0609. The van der Waals surface area contributed by atoms with Crippen LogP contribution in [0.5, 0.6) is 0 Å². The number of aromatic nitrogens is 2. The number of unbranched alkanes of at least 4 members (excludes halogenated alkanes) is 4. The zero-order valence-electron chi connectivity index (χ0n) is 33.9. The third-order valence-electron chi connectivity index (χ3n) is 9.86. The van der Waals surface area contributed by atoms with Crippen molar-refractivity contribution in [1.82, 2.24) is 10.2 Å². The van der Waals surface area contributed by atoms with E-state index in [0.717, 1.165) is 92.6 Å². The fourth-order valence-electron chi connectivity index (χ4n) is 6.59. The number of halogens is 6. The molecule has 0 spiro atoms. The summed E-state index contributed by atoms with van der Waals surface area (Å²) in [7, 11) is -11.1. The van der Waals surface area contributed by atoms with E-state index in [-0.39, 0.29) is 39.7 Å². The van der Waals surface area contributed by atoms with Crippen LogP contribution in [0, 0.1) is 0 Å². The number of rotatable bonds is 16. The normalized spacial score (nSPS) is 17.1. The van der Waals surface area contributed by atoms with Gasteiger partial charge in [-0.1, -0.05) is 70.8 Å². The highest BCUT2D eigenvalue weighted by Crippen LogP contribution is 2.44. The number of carbonyl (C=O) groups is 1. The second-order valence-electron chi connectivity index (χ2n) is 14.4. The lowest BCUT2D eigenvalue weighted by molar-refractivity contribution is -0.0435. The molecule has 14 nitrogen and oxygen atoms in total. The molecular formula is C37H50F6N8O6S3. The molecule has 0 fully saturated rings. The maximum atomic E-state index is 13.2. The first-order valence-electron chi connectivity index (χ1n) is 19.5. The van der Waals surface area contributed by atoms with E-state index in [2.05, 4.69) is 46.1 Å². The van der Waals surface area contributed by atoms with E-state index in [0.29, 0.717) is 24.7 Å². The lowest BCUT2D eigenvalue weighted by Crippen LogP contribution is -2.32. The lowest BCUT2D eigenvalue weighted by Gasteiger charge is -2.35. The van der Waals surface area contributed by atoms with E-state index >= 15 is 0 Å². The molecule has 0 radical (unpaired) electrons. The molecule has 2 N–H and O–H groups in total. The maximum Gasteiger partial charge on any atom is 0.516 e. The Morgan fingerprint density at radius 2 is 1.33 bits per heavy atom. The average Bonchev–Trinajstić information content (AvgIpc) is 3.65. The van der Waals surface area contributed by atoms with E-state index in [1.807, 2.05) is 11.8 Å². The summed E-state index contributed by atoms with van der Waals surface area (Å²) in [4.78, 5) is 16.0. The summed E-state index contributed by atoms with van der Waals surface area (Å²) in [5.41, 5.74) is -8.01. The van der Waals surface area contributed by atoms with E-state index in [4.69, 9.17) is 4.74 Å². The van der Waals surface area contributed by atoms with Crippen molar-refractivity contribution in [2.75, 3.05) is 52.0 Å². The summed E-state index contributed by atoms with van der Waals surface area (Å²) in [6.45, 7) is 13.0. The third kappa shape index (κ3) is 12.4. The van der Waals surface area contributed by atoms with Crippen LogP contribution in [0.4, 0.5) is 59.9 Å². The van der Waals surface area contributed by atoms with Crippen LogP contribution in [-0.2, 0) is 24.8 Å². The minimum Gasteiger partial charge on any atom is -0.461 e. The molecule has 0 bridgehead atoms. The van der Waals surface area contributed by atoms with E-state index in [1.54, 1.807) is 22.4 Å². The Bertz CT molecular complexity index is 2190. The van der Waals surface area contributed by atoms with Crippen LogP contribution in [0.25, 0.3) is 0 Å². The van der Waals surface area contributed by atoms with E-state index in [9.17, 15) is 48.0 Å². The molecule has 3 aromatic rings. The fraction of sp³-hybridized carbons (Fsp3) is 0.595. The van der Waals surface area contributed by atoms with Crippen molar-refractivity contribution < 1.29 is 52.7 Å². The van der Waals surface area contributed by atoms with Gasteiger partial charge in [0.2, 0.25) is 5.01 Å². The number of sulfonamides is 2. The number of alkyl halides is 6. The highest BCUT2D eigenvalue weighted by molar-refractivity contribution is 7.93. The summed E-state index contributed by atoms with van der Waals surface area (Å²) in [5.74, 6) is -0.321. The van der Waals surface area contributed by atoms with Gasteiger partial charge in [-0.05, 0) is 79.8 Å². The molecule has 3 heterocycles. The van der Waals surface area contributed by atoms with Gasteiger partial charge in [0.05, 0.1) is 18.0 Å². The predicted molar refractivity (Wildman–Crippen MR) is 220 cm³/mol. The summed E-state index contributed by atoms with van der Waals surface area (Å²) in [5, 5.41) is 15.1. The Labute approximate surface area is 350 Å². The summed E-state index contributed by atoms with van der Waals surface area (Å²) < 4.78 is 132. The number of hydrogen-bond acceptors (Lipinski definition) is 13. The second kappa shape index (κ2) is 20.5. The van der Waals surface area contributed by atoms with E-state index in [1.165, 1.54) is 24.3 Å². The van der Waals surface area contributed by atoms with Gasteiger partial charge >= 0.3 is 37.0 Å². The smallest absolute Gasteiger partial charge is 0.461 e. The monoisotopic (exact) mass is 912 g/mol. The molecule has 2 aliphatic heterocycles. The molecule has 5 rings (SSSR count). The molecule has 0 aliphatic carbocycles. The number of azo groups is 1. The average molecular weight is 913 g/mol. The fourth-order valence-corrected chi connectivity index (χ4v) is 8.27. The largest absolute Gasteiger partial charge is 0.516 e. The van der Waals surface area contributed by atoms with Crippen molar-refractivity contribution >= 4 is 70.9 Å². The minimum atomic E-state index is -5.70. The van der Waals surface area contributed by atoms with Gasteiger partial charge in [0.15, 0.2) is 0 Å². The van der Waals surface area contributed by atoms with E-state index < -0.39 is 37.0 Å². The van der Waals surface area contributed by atoms with Gasteiger partial charge in [-0.3, -0.25) is 9.44 Å². The standard InChI is InChI=1S/C21H27F3N6O4S2.C16H23F3N2O2S/c1-4-6-7-9-30-10-8-13(3)14-11-15(16(12-17(14)30)29-36(32,33)21(22,23)24)25-27-20-28-26-18(35-20)19(31)34-5-2;1-3-4-5-9-21-10-8-12(2)14-7-6-13(11-15(14)21)20-24(22,23)16(17,18)19/h11-13,29H,4-10H2,1-3H3;6-7,11-12,20H,3-5,8-10H2,1-2H3. The second-order valence-corrected chi connectivity index (χ2v) is 18.7. The Hall–Kier alpha value is -4.25. The number of nitrogens with one attached hydrogen (secondary N) is 2. The van der Waals surface area contributed by atoms with Gasteiger partial charge in [0, 0.05) is 37.6 Å². The number of hydrogen-bond donors (Lipinski definition) is 2. The maximum absolute atomic E-state index is 13.2. The molecule has 2 unspecified atom stereocenters. The number of anilines is 4. The Kier molecular flexibility index (Phi) is 16.6. The minimum absolute atomic E-state index is 0.0466. The van der Waals surface area contributed by atoms with Crippen molar-refractivity contribution in [3.63, 3.8) is 0 Å². The number of fused-ring (bicyclic) bond motifs is 2. The van der Waals surface area contributed by atoms with Crippen LogP contribution in [0.15, 0.2) is 40.6 Å². The molecule has 2 aliphatic rings. The third-order valence-corrected chi connectivity index (χ3v) is 12.9. The molecule has 60 heavy (non-hydrogen) atoms. The molecule has 23 heteroatoms. The van der Waals surface area contributed by atoms with Gasteiger partial charge < -0.3 is 14.5 Å². The zero-order chi connectivity index (χ0) is 44.5. The number of esters is 1. The van der Waals surface area contributed by atoms with Gasteiger partial charge in [-0.15, -0.1) is 20.4 Å². The van der Waals surface area contributed by atoms with Crippen molar-refractivity contribution in [3.8, 4) is 0 Å². The topological polar surface area (TPSA) is 176 Å². The molecule has 0 saturated heterocycles. The van der Waals surface area contributed by atoms with Crippen LogP contribution in [0.3, 0.4) is 0 Å².